The third-order valence-electron chi connectivity index (χ3n) is 11.8. The van der Waals surface area contributed by atoms with E-state index in [0.717, 1.165) is 29.9 Å². The van der Waals surface area contributed by atoms with Crippen molar-refractivity contribution >= 4 is 27.4 Å². The predicted molar refractivity (Wildman–Crippen MR) is 239 cm³/mol. The largest absolute Gasteiger partial charge is 0.496 e. The van der Waals surface area contributed by atoms with E-state index < -0.39 is 0 Å². The Hall–Kier alpha value is -5.34. The van der Waals surface area contributed by atoms with E-state index in [1.165, 1.54) is 79.2 Å². The normalized spacial score (nSPS) is 16.2. The minimum Gasteiger partial charge on any atom is -0.496 e. The third kappa shape index (κ3) is 7.40. The highest BCUT2D eigenvalue weighted by atomic mass is 16.5. The molecule has 1 heterocycles. The Morgan fingerprint density at radius 1 is 0.782 bits per heavy atom. The molecule has 2 unspecified atom stereocenters. The van der Waals surface area contributed by atoms with Gasteiger partial charge in [0.1, 0.15) is 5.75 Å². The summed E-state index contributed by atoms with van der Waals surface area (Å²) in [6.45, 7) is 23.6. The Morgan fingerprint density at radius 3 is 2.07 bits per heavy atom. The summed E-state index contributed by atoms with van der Waals surface area (Å²) in [6.07, 6.45) is 10.9. The fraction of sp³-hybridized carbons (Fsp3) is 0.283. The summed E-state index contributed by atoms with van der Waals surface area (Å²) >= 11 is 0. The van der Waals surface area contributed by atoms with E-state index in [4.69, 9.17) is 4.74 Å². The van der Waals surface area contributed by atoms with Crippen molar-refractivity contribution in [1.82, 2.24) is 4.57 Å². The number of rotatable bonds is 12. The van der Waals surface area contributed by atoms with Crippen molar-refractivity contribution < 1.29 is 4.74 Å². The maximum absolute atomic E-state index is 5.81. The Bertz CT molecular complexity index is 2360. The van der Waals surface area contributed by atoms with E-state index in [0.29, 0.717) is 11.8 Å². The molecule has 2 heteroatoms. The molecule has 1 aliphatic carbocycles. The number of aryl methyl sites for hydroxylation is 1. The van der Waals surface area contributed by atoms with E-state index in [2.05, 4.69) is 168 Å². The highest BCUT2D eigenvalue weighted by Gasteiger charge is 2.35. The number of hydrogen-bond acceptors (Lipinski definition) is 1. The van der Waals surface area contributed by atoms with Crippen LogP contribution in [0.1, 0.15) is 112 Å². The molecule has 0 amide bonds. The second kappa shape index (κ2) is 17.0. The first-order chi connectivity index (χ1) is 26.7. The van der Waals surface area contributed by atoms with Gasteiger partial charge in [0, 0.05) is 21.9 Å². The molecule has 0 N–H and O–H groups in total. The lowest BCUT2D eigenvalue weighted by molar-refractivity contribution is 0.328. The molecule has 5 aromatic carbocycles. The maximum Gasteiger partial charge on any atom is 0.122 e. The molecule has 0 bridgehead atoms. The number of ether oxygens (including phenoxy) is 1. The summed E-state index contributed by atoms with van der Waals surface area (Å²) in [6, 6.07) is 40.6. The number of hydrogen-bond donors (Lipinski definition) is 0. The van der Waals surface area contributed by atoms with Gasteiger partial charge in [-0.2, -0.15) is 0 Å². The fourth-order valence-electron chi connectivity index (χ4n) is 8.88. The third-order valence-corrected chi connectivity index (χ3v) is 11.8. The molecule has 0 spiro atoms. The van der Waals surface area contributed by atoms with Crippen LogP contribution in [0.15, 0.2) is 152 Å². The van der Waals surface area contributed by atoms with Gasteiger partial charge in [0.15, 0.2) is 0 Å². The zero-order valence-electron chi connectivity index (χ0n) is 34.4. The minimum atomic E-state index is -0.267. The number of benzene rings is 5. The monoisotopic (exact) mass is 725 g/mol. The zero-order valence-corrected chi connectivity index (χ0v) is 34.4. The summed E-state index contributed by atoms with van der Waals surface area (Å²) in [4.78, 5) is 0. The highest BCUT2D eigenvalue weighted by Crippen LogP contribution is 2.52. The van der Waals surface area contributed by atoms with Gasteiger partial charge in [-0.15, -0.1) is 0 Å². The van der Waals surface area contributed by atoms with Crippen molar-refractivity contribution in [2.24, 2.45) is 0 Å². The van der Waals surface area contributed by atoms with E-state index in [1.54, 1.807) is 7.11 Å². The fourth-order valence-corrected chi connectivity index (χ4v) is 8.88. The molecular weight excluding hydrogens is 667 g/mol. The van der Waals surface area contributed by atoms with Gasteiger partial charge in [-0.05, 0) is 138 Å². The van der Waals surface area contributed by atoms with Crippen molar-refractivity contribution in [3.63, 3.8) is 0 Å². The maximum atomic E-state index is 5.81. The SMILES string of the molecule is C=C/C(C)=C(\C=C)C(C)(C)c1cc2c(cc1C)c1cc(C3CCC3c3ccccc3OC)ccc1n2-c1ccc(/C(=C\CCC)c2ccccc2)cc1.CC. The van der Waals surface area contributed by atoms with Crippen LogP contribution in [0.5, 0.6) is 5.75 Å². The van der Waals surface area contributed by atoms with Gasteiger partial charge in [-0.25, -0.2) is 0 Å². The van der Waals surface area contributed by atoms with E-state index in [9.17, 15) is 0 Å². The standard InChI is InChI=1S/C51H53NO.C2H6/c1-9-12-20-40(36-18-14-13-15-19-36)37-23-26-39(27-24-37)52-48-30-25-38(41-28-29-42(41)43-21-16-17-22-50(43)53-8)32-45(48)44-31-35(5)47(33-49(44)52)51(6,7)46(11-3)34(4)10-2;1-2/h10-11,13-27,30-33,41-42H,2-3,9,12,28-29H2,1,4-8H3;1-2H3/b40-20-,46-34+;. The van der Waals surface area contributed by atoms with Crippen LogP contribution in [0.2, 0.25) is 0 Å². The first-order valence-electron chi connectivity index (χ1n) is 20.3. The second-order valence-corrected chi connectivity index (χ2v) is 15.3. The van der Waals surface area contributed by atoms with Crippen LogP contribution < -0.4 is 4.74 Å². The molecule has 6 aromatic rings. The van der Waals surface area contributed by atoms with Crippen LogP contribution in [-0.2, 0) is 5.41 Å². The minimum absolute atomic E-state index is 0.267. The van der Waals surface area contributed by atoms with E-state index in [1.807, 2.05) is 26.0 Å². The van der Waals surface area contributed by atoms with Crippen molar-refractivity contribution in [2.45, 2.75) is 91.4 Å². The van der Waals surface area contributed by atoms with Gasteiger partial charge in [-0.3, -0.25) is 0 Å². The van der Waals surface area contributed by atoms with Crippen LogP contribution in [0.4, 0.5) is 0 Å². The Kier molecular flexibility index (Phi) is 12.2. The van der Waals surface area contributed by atoms with Gasteiger partial charge >= 0.3 is 0 Å². The van der Waals surface area contributed by atoms with Gasteiger partial charge in [0.2, 0.25) is 0 Å². The Balaban J connectivity index is 0.00000253. The van der Waals surface area contributed by atoms with Crippen LogP contribution in [0.25, 0.3) is 33.1 Å². The number of allylic oxidation sites excluding steroid dienone is 5. The smallest absolute Gasteiger partial charge is 0.122 e. The number of fused-ring (bicyclic) bond motifs is 3. The number of unbranched alkanes of at least 4 members (excludes halogenated alkanes) is 1. The number of para-hydroxylation sites is 1. The quantitative estimate of drug-likeness (QED) is 0.115. The van der Waals surface area contributed by atoms with Gasteiger partial charge < -0.3 is 9.30 Å². The predicted octanol–water partition coefficient (Wildman–Crippen LogP) is 15.0. The van der Waals surface area contributed by atoms with Gasteiger partial charge in [0.25, 0.3) is 0 Å². The molecule has 2 nitrogen and oxygen atoms in total. The molecule has 1 aromatic heterocycles. The Morgan fingerprint density at radius 2 is 1.44 bits per heavy atom. The summed E-state index contributed by atoms with van der Waals surface area (Å²) < 4.78 is 8.29. The second-order valence-electron chi connectivity index (χ2n) is 15.3. The van der Waals surface area contributed by atoms with Crippen LogP contribution in [-0.4, -0.2) is 11.7 Å². The molecule has 0 saturated heterocycles. The average Bonchev–Trinajstić information content (AvgIpc) is 3.51. The zero-order chi connectivity index (χ0) is 39.3. The van der Waals surface area contributed by atoms with Gasteiger partial charge in [0.05, 0.1) is 18.1 Å². The summed E-state index contributed by atoms with van der Waals surface area (Å²) in [5.74, 6) is 1.91. The average molecular weight is 726 g/mol. The van der Waals surface area contributed by atoms with Crippen molar-refractivity contribution in [1.29, 1.82) is 0 Å². The van der Waals surface area contributed by atoms with Crippen LogP contribution in [0.3, 0.4) is 0 Å². The molecule has 0 aliphatic heterocycles. The number of methoxy groups -OCH3 is 1. The molecule has 55 heavy (non-hydrogen) atoms. The van der Waals surface area contributed by atoms with Crippen molar-refractivity contribution in [2.75, 3.05) is 7.11 Å². The topological polar surface area (TPSA) is 14.2 Å². The van der Waals surface area contributed by atoms with Crippen molar-refractivity contribution in [3.8, 4) is 11.4 Å². The first kappa shape index (κ1) is 39.4. The molecule has 1 saturated carbocycles. The van der Waals surface area contributed by atoms with E-state index in [-0.39, 0.29) is 5.41 Å². The van der Waals surface area contributed by atoms with Gasteiger partial charge in [-0.1, -0.05) is 139 Å². The first-order valence-corrected chi connectivity index (χ1v) is 20.3. The molecule has 7 rings (SSSR count). The highest BCUT2D eigenvalue weighted by molar-refractivity contribution is 6.10. The summed E-state index contributed by atoms with van der Waals surface area (Å²) in [7, 11) is 1.79. The lowest BCUT2D eigenvalue weighted by Crippen LogP contribution is -2.22. The van der Waals surface area contributed by atoms with E-state index >= 15 is 0 Å². The lowest BCUT2D eigenvalue weighted by Gasteiger charge is -2.38. The molecular formula is C53H59NO. The molecule has 2 atom stereocenters. The van der Waals surface area contributed by atoms with Crippen LogP contribution >= 0.6 is 0 Å². The lowest BCUT2D eigenvalue weighted by atomic mass is 9.66. The number of nitrogens with zero attached hydrogens (tertiary/aromatic N) is 1. The summed E-state index contributed by atoms with van der Waals surface area (Å²) in [5, 5.41) is 2.59. The van der Waals surface area contributed by atoms with Crippen LogP contribution in [0, 0.1) is 6.92 Å². The molecule has 1 fully saturated rings. The molecule has 1 aliphatic rings. The van der Waals surface area contributed by atoms with Crippen molar-refractivity contribution in [3.05, 3.63) is 185 Å². The molecule has 0 radical (unpaired) electrons. The number of aromatic nitrogens is 1. The summed E-state index contributed by atoms with van der Waals surface area (Å²) in [5.41, 5.74) is 14.8. The molecule has 282 valence electrons. The Labute approximate surface area is 330 Å².